The van der Waals surface area contributed by atoms with E-state index in [1.54, 1.807) is 0 Å². The van der Waals surface area contributed by atoms with E-state index in [2.05, 4.69) is 5.32 Å². The molecule has 1 aliphatic rings. The number of hydrogen-bond acceptors (Lipinski definition) is 2. The fourth-order valence-corrected chi connectivity index (χ4v) is 2.37. The zero-order valence-electron chi connectivity index (χ0n) is 10.6. The Hall–Kier alpha value is -0.980. The summed E-state index contributed by atoms with van der Waals surface area (Å²) >= 11 is 11.4. The highest BCUT2D eigenvalue weighted by Gasteiger charge is 2.56. The van der Waals surface area contributed by atoms with Crippen LogP contribution in [-0.4, -0.2) is 21.9 Å². The molecule has 2 unspecified atom stereocenters. The van der Waals surface area contributed by atoms with Gasteiger partial charge in [-0.3, -0.25) is 4.79 Å². The van der Waals surface area contributed by atoms with Crippen LogP contribution >= 0.6 is 23.2 Å². The third kappa shape index (κ3) is 4.02. The summed E-state index contributed by atoms with van der Waals surface area (Å²) in [6.45, 7) is -0.208. The van der Waals surface area contributed by atoms with Crippen molar-refractivity contribution in [1.29, 1.82) is 0 Å². The number of aliphatic hydroxyl groups is 1. The Morgan fingerprint density at radius 1 is 1.48 bits per heavy atom. The molecule has 116 valence electrons. The summed E-state index contributed by atoms with van der Waals surface area (Å²) in [6.07, 6.45) is -5.40. The van der Waals surface area contributed by atoms with Gasteiger partial charge in [-0.15, -0.1) is 23.2 Å². The lowest BCUT2D eigenvalue weighted by molar-refractivity contribution is -0.137. The average Bonchev–Trinajstić information content (AvgIpc) is 3.04. The van der Waals surface area contributed by atoms with E-state index >= 15 is 0 Å². The smallest absolute Gasteiger partial charge is 0.387 e. The van der Waals surface area contributed by atoms with Crippen molar-refractivity contribution in [3.63, 3.8) is 0 Å². The fraction of sp³-hybridized carbons (Fsp3) is 0.462. The first-order valence-electron chi connectivity index (χ1n) is 6.12. The van der Waals surface area contributed by atoms with Gasteiger partial charge < -0.3 is 10.4 Å². The molecule has 0 saturated heterocycles. The largest absolute Gasteiger partial charge is 0.416 e. The molecule has 1 aromatic carbocycles. The minimum Gasteiger partial charge on any atom is -0.387 e. The van der Waals surface area contributed by atoms with Crippen molar-refractivity contribution in [2.45, 2.75) is 23.0 Å². The first kappa shape index (κ1) is 16.4. The quantitative estimate of drug-likeness (QED) is 0.827. The minimum absolute atomic E-state index is 0.0731. The summed E-state index contributed by atoms with van der Waals surface area (Å²) < 4.78 is 36.6. The average molecular weight is 342 g/mol. The summed E-state index contributed by atoms with van der Waals surface area (Å²) in [4.78, 5) is 11.6. The highest BCUT2D eigenvalue weighted by atomic mass is 35.5. The van der Waals surface area contributed by atoms with Crippen molar-refractivity contribution in [3.05, 3.63) is 35.4 Å². The van der Waals surface area contributed by atoms with Crippen LogP contribution < -0.4 is 5.32 Å². The first-order valence-corrected chi connectivity index (χ1v) is 6.87. The lowest BCUT2D eigenvalue weighted by Crippen LogP contribution is -2.31. The van der Waals surface area contributed by atoms with Crippen LogP contribution in [0.2, 0.25) is 0 Å². The monoisotopic (exact) mass is 341 g/mol. The number of aliphatic hydroxyl groups excluding tert-OH is 1. The molecule has 0 heterocycles. The molecule has 1 saturated carbocycles. The van der Waals surface area contributed by atoms with E-state index in [1.165, 1.54) is 12.1 Å². The summed E-state index contributed by atoms with van der Waals surface area (Å²) in [7, 11) is 0. The van der Waals surface area contributed by atoms with Gasteiger partial charge in [-0.2, -0.15) is 13.2 Å². The Morgan fingerprint density at radius 3 is 2.62 bits per heavy atom. The van der Waals surface area contributed by atoms with Gasteiger partial charge >= 0.3 is 6.18 Å². The van der Waals surface area contributed by atoms with Crippen LogP contribution in [-0.2, 0) is 11.0 Å². The molecule has 21 heavy (non-hydrogen) atoms. The van der Waals surface area contributed by atoms with Crippen LogP contribution in [0.5, 0.6) is 0 Å². The third-order valence-electron chi connectivity index (χ3n) is 3.21. The van der Waals surface area contributed by atoms with Crippen LogP contribution in [0.25, 0.3) is 0 Å². The standard InChI is InChI=1S/C13H12Cl2F3NO2/c14-12(15)5-9(12)11(21)19-6-10(20)7-2-1-3-8(4-7)13(16,17)18/h1-4,9-10,20H,5-6H2,(H,19,21). The molecule has 1 aliphatic carbocycles. The second kappa shape index (κ2) is 5.66. The van der Waals surface area contributed by atoms with E-state index in [9.17, 15) is 23.1 Å². The molecule has 1 amide bonds. The molecule has 1 fully saturated rings. The topological polar surface area (TPSA) is 49.3 Å². The number of halogens is 5. The van der Waals surface area contributed by atoms with Crippen molar-refractivity contribution in [2.24, 2.45) is 5.92 Å². The highest BCUT2D eigenvalue weighted by molar-refractivity contribution is 6.52. The van der Waals surface area contributed by atoms with Crippen LogP contribution in [0.4, 0.5) is 13.2 Å². The molecule has 2 rings (SSSR count). The van der Waals surface area contributed by atoms with Crippen molar-refractivity contribution >= 4 is 29.1 Å². The Balaban J connectivity index is 1.95. The van der Waals surface area contributed by atoms with Gasteiger partial charge in [-0.25, -0.2) is 0 Å². The molecule has 2 atom stereocenters. The van der Waals surface area contributed by atoms with Crippen LogP contribution in [0.15, 0.2) is 24.3 Å². The predicted octanol–water partition coefficient (Wildman–Crippen LogP) is 3.05. The SMILES string of the molecule is O=C(NCC(O)c1cccc(C(F)(F)F)c1)C1CC1(Cl)Cl. The minimum atomic E-state index is -4.48. The fourth-order valence-electron chi connectivity index (χ4n) is 1.86. The van der Waals surface area contributed by atoms with E-state index in [-0.39, 0.29) is 12.1 Å². The zero-order valence-corrected chi connectivity index (χ0v) is 12.1. The van der Waals surface area contributed by atoms with Crippen molar-refractivity contribution in [1.82, 2.24) is 5.32 Å². The molecule has 0 spiro atoms. The van der Waals surface area contributed by atoms with Gasteiger partial charge in [-0.05, 0) is 24.1 Å². The molecular weight excluding hydrogens is 330 g/mol. The Labute approximate surface area is 129 Å². The molecule has 0 aromatic heterocycles. The number of hydrogen-bond donors (Lipinski definition) is 2. The maximum atomic E-state index is 12.6. The summed E-state index contributed by atoms with van der Waals surface area (Å²) in [5, 5.41) is 12.3. The maximum absolute atomic E-state index is 12.6. The highest BCUT2D eigenvalue weighted by Crippen LogP contribution is 2.53. The first-order chi connectivity index (χ1) is 9.61. The molecule has 8 heteroatoms. The van der Waals surface area contributed by atoms with Crippen LogP contribution in [0, 0.1) is 5.92 Å². The van der Waals surface area contributed by atoms with Crippen molar-refractivity contribution in [3.8, 4) is 0 Å². The van der Waals surface area contributed by atoms with E-state index in [0.717, 1.165) is 12.1 Å². The second-order valence-corrected chi connectivity index (χ2v) is 6.44. The number of amides is 1. The number of nitrogens with one attached hydrogen (secondary N) is 1. The second-order valence-electron chi connectivity index (χ2n) is 4.90. The number of rotatable bonds is 4. The van der Waals surface area contributed by atoms with Gasteiger partial charge in [0.15, 0.2) is 0 Å². The lowest BCUT2D eigenvalue weighted by atomic mass is 10.1. The molecular formula is C13H12Cl2F3NO2. The van der Waals surface area contributed by atoms with E-state index in [1.807, 2.05) is 0 Å². The van der Waals surface area contributed by atoms with Crippen molar-refractivity contribution < 1.29 is 23.1 Å². The molecule has 2 N–H and O–H groups in total. The van der Waals surface area contributed by atoms with Gasteiger partial charge in [0.1, 0.15) is 4.33 Å². The Kier molecular flexibility index (Phi) is 4.42. The number of carbonyl (C=O) groups is 1. The van der Waals surface area contributed by atoms with Gasteiger partial charge in [-0.1, -0.05) is 12.1 Å². The number of alkyl halides is 5. The lowest BCUT2D eigenvalue weighted by Gasteiger charge is -2.14. The summed E-state index contributed by atoms with van der Waals surface area (Å²) in [6, 6.07) is 4.32. The van der Waals surface area contributed by atoms with Gasteiger partial charge in [0.25, 0.3) is 0 Å². The van der Waals surface area contributed by atoms with Crippen molar-refractivity contribution in [2.75, 3.05) is 6.54 Å². The summed E-state index contributed by atoms with van der Waals surface area (Å²) in [5.74, 6) is -0.972. The van der Waals surface area contributed by atoms with E-state index in [0.29, 0.717) is 6.42 Å². The van der Waals surface area contributed by atoms with E-state index in [4.69, 9.17) is 23.2 Å². The van der Waals surface area contributed by atoms with Gasteiger partial charge in [0.2, 0.25) is 5.91 Å². The van der Waals surface area contributed by atoms with Crippen LogP contribution in [0.3, 0.4) is 0 Å². The van der Waals surface area contributed by atoms with Crippen LogP contribution in [0.1, 0.15) is 23.7 Å². The molecule has 1 aromatic rings. The Bertz CT molecular complexity index is 548. The Morgan fingerprint density at radius 2 is 2.10 bits per heavy atom. The predicted molar refractivity (Wildman–Crippen MR) is 72.0 cm³/mol. The molecule has 0 radical (unpaired) electrons. The molecule has 0 aliphatic heterocycles. The normalized spacial score (nSPS) is 21.7. The number of benzene rings is 1. The maximum Gasteiger partial charge on any atom is 0.416 e. The van der Waals surface area contributed by atoms with E-state index < -0.39 is 34.0 Å². The number of carbonyl (C=O) groups excluding carboxylic acids is 1. The molecule has 0 bridgehead atoms. The third-order valence-corrected chi connectivity index (χ3v) is 4.05. The zero-order chi connectivity index (χ0) is 15.8. The molecule has 3 nitrogen and oxygen atoms in total. The van der Waals surface area contributed by atoms with Gasteiger partial charge in [0.05, 0.1) is 17.6 Å². The van der Waals surface area contributed by atoms with Gasteiger partial charge in [0, 0.05) is 6.54 Å². The summed E-state index contributed by atoms with van der Waals surface area (Å²) in [5.41, 5.74) is -0.781.